The van der Waals surface area contributed by atoms with E-state index in [1.54, 1.807) is 0 Å². The summed E-state index contributed by atoms with van der Waals surface area (Å²) >= 11 is 1.87. The number of nitrogens with zero attached hydrogens (tertiary/aromatic N) is 1. The van der Waals surface area contributed by atoms with Gasteiger partial charge in [-0.05, 0) is 127 Å². The van der Waals surface area contributed by atoms with Crippen LogP contribution >= 0.6 is 11.3 Å². The van der Waals surface area contributed by atoms with Crippen LogP contribution in [-0.4, -0.2) is 5.71 Å². The molecule has 0 aliphatic carbocycles. The van der Waals surface area contributed by atoms with E-state index in [4.69, 9.17) is 9.41 Å². The lowest BCUT2D eigenvalue weighted by Gasteiger charge is -2.12. The van der Waals surface area contributed by atoms with Crippen molar-refractivity contribution >= 4 is 92.0 Å². The van der Waals surface area contributed by atoms with E-state index in [0.29, 0.717) is 0 Å². The van der Waals surface area contributed by atoms with Crippen LogP contribution in [0.2, 0.25) is 0 Å². The van der Waals surface area contributed by atoms with Crippen LogP contribution in [0.25, 0.3) is 119 Å². The highest BCUT2D eigenvalue weighted by Gasteiger charge is 2.17. The molecule has 11 aromatic carbocycles. The second kappa shape index (κ2) is 17.6. The summed E-state index contributed by atoms with van der Waals surface area (Å²) in [5, 5.41) is 9.47. The molecule has 13 aromatic rings. The molecular weight excluding hydrogens is 879 g/mol. The molecule has 0 spiro atoms. The number of fused-ring (bicyclic) bond motifs is 8. The Kier molecular flexibility index (Phi) is 10.4. The molecule has 0 saturated heterocycles. The zero-order chi connectivity index (χ0) is 47.4. The minimum atomic E-state index is 0.833. The van der Waals surface area contributed by atoms with E-state index in [2.05, 4.69) is 256 Å². The van der Waals surface area contributed by atoms with Gasteiger partial charge in [-0.2, -0.15) is 0 Å². The van der Waals surface area contributed by atoms with E-state index < -0.39 is 0 Å². The average molecular weight is 924 g/mol. The van der Waals surface area contributed by atoms with Crippen LogP contribution in [0.3, 0.4) is 0 Å². The van der Waals surface area contributed by atoms with Gasteiger partial charge in [-0.25, -0.2) is 0 Å². The van der Waals surface area contributed by atoms with E-state index in [1.165, 1.54) is 58.8 Å². The van der Waals surface area contributed by atoms with Crippen LogP contribution in [0.15, 0.2) is 259 Å². The zero-order valence-electron chi connectivity index (χ0n) is 39.1. The molecule has 2 heterocycles. The summed E-state index contributed by atoms with van der Waals surface area (Å²) in [6, 6.07) is 84.8. The predicted molar refractivity (Wildman–Crippen MR) is 305 cm³/mol. The zero-order valence-corrected chi connectivity index (χ0v) is 39.9. The van der Waals surface area contributed by atoms with Crippen molar-refractivity contribution in [2.45, 2.75) is 6.92 Å². The fraction of sp³-hybridized carbons (Fsp3) is 0.0147. The Balaban J connectivity index is 0.819. The lowest BCUT2D eigenvalue weighted by Crippen LogP contribution is -1.97. The highest BCUT2D eigenvalue weighted by Crippen LogP contribution is 2.41. The fourth-order valence-electron chi connectivity index (χ4n) is 10.3. The number of hydrogen-bond donors (Lipinski definition) is 0. The van der Waals surface area contributed by atoms with Gasteiger partial charge >= 0.3 is 0 Å². The number of rotatable bonds is 9. The second-order valence-corrected chi connectivity index (χ2v) is 19.4. The van der Waals surface area contributed by atoms with E-state index >= 15 is 0 Å². The van der Waals surface area contributed by atoms with Crippen molar-refractivity contribution in [3.05, 3.63) is 266 Å². The van der Waals surface area contributed by atoms with E-state index in [-0.39, 0.29) is 0 Å². The molecular formula is C68H45NOS. The smallest absolute Gasteiger partial charge is 0.136 e. The molecule has 334 valence electrons. The maximum atomic E-state index is 6.64. The summed E-state index contributed by atoms with van der Waals surface area (Å²) in [6.07, 6.45) is 2.13. The third-order valence-electron chi connectivity index (χ3n) is 14.0. The largest absolute Gasteiger partial charge is 0.456 e. The van der Waals surface area contributed by atoms with Gasteiger partial charge in [0.15, 0.2) is 0 Å². The van der Waals surface area contributed by atoms with Crippen LogP contribution in [0.1, 0.15) is 23.6 Å². The Morgan fingerprint density at radius 3 is 1.82 bits per heavy atom. The van der Waals surface area contributed by atoms with Crippen LogP contribution in [0.5, 0.6) is 0 Å². The summed E-state index contributed by atoms with van der Waals surface area (Å²) in [7, 11) is 0. The highest BCUT2D eigenvalue weighted by atomic mass is 32.1. The second-order valence-electron chi connectivity index (χ2n) is 18.3. The normalized spacial score (nSPS) is 12.2. The first-order valence-corrected chi connectivity index (χ1v) is 24.9. The van der Waals surface area contributed by atoms with Crippen molar-refractivity contribution in [2.75, 3.05) is 0 Å². The molecule has 13 rings (SSSR count). The number of hydrogen-bond acceptors (Lipinski definition) is 3. The molecule has 0 unspecified atom stereocenters. The van der Waals surface area contributed by atoms with E-state index in [1.807, 2.05) is 11.3 Å². The number of allylic oxidation sites excluding steroid dienone is 2. The summed E-state index contributed by atoms with van der Waals surface area (Å²) in [5.41, 5.74) is 16.9. The molecule has 0 saturated carbocycles. The van der Waals surface area contributed by atoms with Crippen LogP contribution in [0, 0.1) is 0 Å². The minimum Gasteiger partial charge on any atom is -0.456 e. The Hall–Kier alpha value is -8.89. The summed E-state index contributed by atoms with van der Waals surface area (Å²) in [6.45, 7) is 6.73. The number of benzene rings is 11. The lowest BCUT2D eigenvalue weighted by atomic mass is 9.96. The van der Waals surface area contributed by atoms with E-state index in [0.717, 1.165) is 83.1 Å². The van der Waals surface area contributed by atoms with Crippen molar-refractivity contribution in [3.63, 3.8) is 0 Å². The Morgan fingerprint density at radius 1 is 0.437 bits per heavy atom. The standard InChI is InChI=1S/C68H45NOS/c1-43(45-25-27-47(28-26-45)48-29-31-50(32-30-48)58-20-11-22-61-60-18-8-9-24-66(60)71-68(58)61)39-63(59-21-10-16-49-15-6-7-17-57(49)59)69-44(2)56-19-12-23-64-67(56)62-38-37-55(42-65(62)70-64)54-36-35-52-40-51(33-34-53(52)41-54)46-13-4-3-5-14-46/h3-42H,1H2,2H3/b63-39-,69-44?. The molecule has 2 aromatic heterocycles. The van der Waals surface area contributed by atoms with Gasteiger partial charge in [0.05, 0.1) is 5.70 Å². The summed E-state index contributed by atoms with van der Waals surface area (Å²) in [4.78, 5) is 5.49. The molecule has 71 heavy (non-hydrogen) atoms. The molecule has 2 nitrogen and oxygen atoms in total. The van der Waals surface area contributed by atoms with Crippen molar-refractivity contribution in [2.24, 2.45) is 4.99 Å². The maximum absolute atomic E-state index is 6.64. The maximum Gasteiger partial charge on any atom is 0.136 e. The topological polar surface area (TPSA) is 25.5 Å². The molecule has 0 atom stereocenters. The van der Waals surface area contributed by atoms with Crippen molar-refractivity contribution in [1.29, 1.82) is 0 Å². The Labute approximate surface area is 416 Å². The van der Waals surface area contributed by atoms with Gasteiger partial charge < -0.3 is 4.42 Å². The third-order valence-corrected chi connectivity index (χ3v) is 15.2. The Morgan fingerprint density at radius 2 is 1.01 bits per heavy atom. The quantitative estimate of drug-likeness (QED) is 0.105. The molecule has 0 aliphatic rings. The van der Waals surface area contributed by atoms with Crippen LogP contribution in [0.4, 0.5) is 0 Å². The van der Waals surface area contributed by atoms with Gasteiger partial charge in [0.25, 0.3) is 0 Å². The molecule has 0 aliphatic heterocycles. The van der Waals surface area contributed by atoms with Crippen molar-refractivity contribution in [1.82, 2.24) is 0 Å². The lowest BCUT2D eigenvalue weighted by molar-refractivity contribution is 0.669. The van der Waals surface area contributed by atoms with Gasteiger partial charge in [0.2, 0.25) is 0 Å². The van der Waals surface area contributed by atoms with Gasteiger partial charge in [-0.15, -0.1) is 11.3 Å². The third kappa shape index (κ3) is 7.74. The first-order chi connectivity index (χ1) is 35.0. The molecule has 0 fully saturated rings. The summed E-state index contributed by atoms with van der Waals surface area (Å²) < 4.78 is 9.29. The fourth-order valence-corrected chi connectivity index (χ4v) is 11.6. The number of furan rings is 1. The monoisotopic (exact) mass is 923 g/mol. The summed E-state index contributed by atoms with van der Waals surface area (Å²) in [5.74, 6) is 0. The molecule has 0 bridgehead atoms. The number of thiophene rings is 1. The van der Waals surface area contributed by atoms with Gasteiger partial charge in [-0.1, -0.05) is 207 Å². The Bertz CT molecular complexity index is 4280. The average Bonchev–Trinajstić information content (AvgIpc) is 4.01. The van der Waals surface area contributed by atoms with Gasteiger partial charge in [-0.3, -0.25) is 4.99 Å². The van der Waals surface area contributed by atoms with Gasteiger partial charge in [0.1, 0.15) is 11.2 Å². The molecule has 0 amide bonds. The highest BCUT2D eigenvalue weighted by molar-refractivity contribution is 7.26. The number of aliphatic imine (C=N–C) groups is 1. The van der Waals surface area contributed by atoms with Crippen LogP contribution in [-0.2, 0) is 0 Å². The SMILES string of the molecule is C=C(/C=C(\N=C(C)c1cccc2oc3cc(-c4ccc5cc(-c6ccccc6)ccc5c4)ccc3c12)c1cccc2ccccc12)c1ccc(-c2ccc(-c3cccc4c3sc3ccccc34)cc2)cc1. The van der Waals surface area contributed by atoms with Crippen molar-refractivity contribution in [3.8, 4) is 44.5 Å². The van der Waals surface area contributed by atoms with Crippen molar-refractivity contribution < 1.29 is 4.42 Å². The van der Waals surface area contributed by atoms with Gasteiger partial charge in [0, 0.05) is 47.8 Å². The minimum absolute atomic E-state index is 0.833. The predicted octanol–water partition coefficient (Wildman–Crippen LogP) is 19.5. The molecule has 0 radical (unpaired) electrons. The molecule has 0 N–H and O–H groups in total. The first-order valence-electron chi connectivity index (χ1n) is 24.1. The first kappa shape index (κ1) is 42.2. The van der Waals surface area contributed by atoms with E-state index in [9.17, 15) is 0 Å². The molecule has 3 heteroatoms. The van der Waals surface area contributed by atoms with Crippen LogP contribution < -0.4 is 0 Å².